The van der Waals surface area contributed by atoms with Crippen LogP contribution >= 0.6 is 0 Å². The third kappa shape index (κ3) is 2.74. The molecule has 2 aliphatic rings. The van der Waals surface area contributed by atoms with E-state index in [1.807, 2.05) is 6.07 Å². The number of fused-ring (bicyclic) bond motifs is 1. The molecule has 0 saturated heterocycles. The van der Waals surface area contributed by atoms with E-state index in [0.717, 1.165) is 24.0 Å². The minimum atomic E-state index is 0.334. The number of rotatable bonds is 5. The number of nitrogens with one attached hydrogen (secondary N) is 1. The molecule has 21 heavy (non-hydrogen) atoms. The van der Waals surface area contributed by atoms with Crippen LogP contribution in [0.25, 0.3) is 0 Å². The Morgan fingerprint density at radius 2 is 1.81 bits per heavy atom. The summed E-state index contributed by atoms with van der Waals surface area (Å²) >= 11 is 0. The molecule has 1 fully saturated rings. The highest BCUT2D eigenvalue weighted by molar-refractivity contribution is 5.44. The lowest BCUT2D eigenvalue weighted by molar-refractivity contribution is 0.174. The Kier molecular flexibility index (Phi) is 3.28. The third-order valence-corrected chi connectivity index (χ3v) is 4.22. The topological polar surface area (TPSA) is 30.5 Å². The Morgan fingerprint density at radius 1 is 1.00 bits per heavy atom. The minimum Gasteiger partial charge on any atom is -0.454 e. The molecule has 3 heteroatoms. The molecule has 2 aromatic carbocycles. The standard InChI is InChI=1S/C18H19NO2/c1-2-4-14(5-3-1)18(15-7-8-15)19-11-13-6-9-16-17(10-13)21-12-20-16/h1-6,9-10,15,18-19H,7-8,11-12H2. The molecule has 1 N–H and O–H groups in total. The number of hydrogen-bond acceptors (Lipinski definition) is 3. The first-order valence-electron chi connectivity index (χ1n) is 7.57. The van der Waals surface area contributed by atoms with Gasteiger partial charge in [0.25, 0.3) is 0 Å². The first-order valence-corrected chi connectivity index (χ1v) is 7.57. The highest BCUT2D eigenvalue weighted by Gasteiger charge is 2.31. The predicted octanol–water partition coefficient (Wildman–Crippen LogP) is 3.66. The molecule has 0 radical (unpaired) electrons. The normalized spacial score (nSPS) is 17.7. The maximum absolute atomic E-state index is 5.44. The zero-order valence-electron chi connectivity index (χ0n) is 11.9. The van der Waals surface area contributed by atoms with E-state index in [-0.39, 0.29) is 0 Å². The first-order chi connectivity index (χ1) is 10.4. The van der Waals surface area contributed by atoms with Crippen LogP contribution in [0.2, 0.25) is 0 Å². The van der Waals surface area contributed by atoms with Gasteiger partial charge >= 0.3 is 0 Å². The second kappa shape index (κ2) is 5.41. The summed E-state index contributed by atoms with van der Waals surface area (Å²) in [4.78, 5) is 0. The molecular formula is C18H19NO2. The fraction of sp³-hybridized carbons (Fsp3) is 0.333. The summed E-state index contributed by atoms with van der Waals surface area (Å²) in [5.41, 5.74) is 2.63. The monoisotopic (exact) mass is 281 g/mol. The smallest absolute Gasteiger partial charge is 0.231 e. The molecule has 1 atom stereocenters. The lowest BCUT2D eigenvalue weighted by Gasteiger charge is -2.19. The van der Waals surface area contributed by atoms with Gasteiger partial charge in [0.15, 0.2) is 11.5 Å². The van der Waals surface area contributed by atoms with E-state index in [0.29, 0.717) is 12.8 Å². The highest BCUT2D eigenvalue weighted by atomic mass is 16.7. The van der Waals surface area contributed by atoms with E-state index in [1.54, 1.807) is 0 Å². The average molecular weight is 281 g/mol. The van der Waals surface area contributed by atoms with Crippen LogP contribution in [0.1, 0.15) is 30.0 Å². The summed E-state index contributed by atoms with van der Waals surface area (Å²) in [6, 6.07) is 17.4. The number of hydrogen-bond donors (Lipinski definition) is 1. The van der Waals surface area contributed by atoms with Crippen LogP contribution in [0.5, 0.6) is 11.5 Å². The average Bonchev–Trinajstić information content (AvgIpc) is 3.25. The van der Waals surface area contributed by atoms with Crippen LogP contribution in [0, 0.1) is 5.92 Å². The van der Waals surface area contributed by atoms with Crippen molar-refractivity contribution in [3.63, 3.8) is 0 Å². The van der Waals surface area contributed by atoms with Gasteiger partial charge in [-0.25, -0.2) is 0 Å². The van der Waals surface area contributed by atoms with Crippen molar-refractivity contribution in [2.45, 2.75) is 25.4 Å². The summed E-state index contributed by atoms with van der Waals surface area (Å²) in [5.74, 6) is 2.49. The molecule has 0 bridgehead atoms. The zero-order valence-corrected chi connectivity index (χ0v) is 11.9. The molecule has 1 aliphatic carbocycles. The van der Waals surface area contributed by atoms with E-state index in [1.165, 1.54) is 24.0 Å². The van der Waals surface area contributed by atoms with Crippen molar-refractivity contribution >= 4 is 0 Å². The van der Waals surface area contributed by atoms with Crippen molar-refractivity contribution in [3.8, 4) is 11.5 Å². The van der Waals surface area contributed by atoms with E-state index in [4.69, 9.17) is 9.47 Å². The fourth-order valence-electron chi connectivity index (χ4n) is 2.93. The lowest BCUT2D eigenvalue weighted by atomic mass is 10.0. The van der Waals surface area contributed by atoms with E-state index >= 15 is 0 Å². The van der Waals surface area contributed by atoms with Gasteiger partial charge in [-0.1, -0.05) is 36.4 Å². The Morgan fingerprint density at radius 3 is 2.62 bits per heavy atom. The van der Waals surface area contributed by atoms with Crippen LogP contribution in [0.3, 0.4) is 0 Å². The maximum atomic E-state index is 5.44. The Labute approximate surface area is 124 Å². The molecular weight excluding hydrogens is 262 g/mol. The Hall–Kier alpha value is -2.00. The SMILES string of the molecule is c1ccc(C(NCc2ccc3c(c2)OCO3)C2CC2)cc1. The van der Waals surface area contributed by atoms with Crippen LogP contribution in [-0.4, -0.2) is 6.79 Å². The molecule has 0 aromatic heterocycles. The van der Waals surface area contributed by atoms with Crippen LogP contribution in [0.4, 0.5) is 0 Å². The molecule has 1 heterocycles. The molecule has 1 unspecified atom stereocenters. The maximum Gasteiger partial charge on any atom is 0.231 e. The lowest BCUT2D eigenvalue weighted by Crippen LogP contribution is -2.22. The van der Waals surface area contributed by atoms with Gasteiger partial charge < -0.3 is 14.8 Å². The van der Waals surface area contributed by atoms with Gasteiger partial charge in [0, 0.05) is 12.6 Å². The van der Waals surface area contributed by atoms with E-state index < -0.39 is 0 Å². The molecule has 0 spiro atoms. The summed E-state index contributed by atoms with van der Waals surface area (Å²) in [5, 5.41) is 3.71. The summed E-state index contributed by atoms with van der Waals surface area (Å²) in [7, 11) is 0. The first kappa shape index (κ1) is 12.7. The molecule has 108 valence electrons. The van der Waals surface area contributed by atoms with Gasteiger partial charge in [-0.2, -0.15) is 0 Å². The summed E-state index contributed by atoms with van der Waals surface area (Å²) in [6.07, 6.45) is 2.65. The highest BCUT2D eigenvalue weighted by Crippen LogP contribution is 2.41. The molecule has 0 amide bonds. The second-order valence-corrected chi connectivity index (χ2v) is 5.79. The van der Waals surface area contributed by atoms with Gasteiger partial charge in [0.2, 0.25) is 6.79 Å². The molecule has 1 aliphatic heterocycles. The molecule has 4 rings (SSSR count). The van der Waals surface area contributed by atoms with Gasteiger partial charge in [0.1, 0.15) is 0 Å². The van der Waals surface area contributed by atoms with Crippen LogP contribution < -0.4 is 14.8 Å². The number of benzene rings is 2. The van der Waals surface area contributed by atoms with Crippen molar-refractivity contribution in [3.05, 3.63) is 59.7 Å². The summed E-state index contributed by atoms with van der Waals surface area (Å²) in [6.45, 7) is 1.19. The largest absolute Gasteiger partial charge is 0.454 e. The van der Waals surface area contributed by atoms with E-state index in [9.17, 15) is 0 Å². The van der Waals surface area contributed by atoms with Crippen LogP contribution in [-0.2, 0) is 6.54 Å². The van der Waals surface area contributed by atoms with Gasteiger partial charge in [-0.15, -0.1) is 0 Å². The van der Waals surface area contributed by atoms with Crippen molar-refractivity contribution in [1.29, 1.82) is 0 Å². The van der Waals surface area contributed by atoms with Crippen molar-refractivity contribution < 1.29 is 9.47 Å². The quantitative estimate of drug-likeness (QED) is 0.907. The van der Waals surface area contributed by atoms with Crippen molar-refractivity contribution in [2.75, 3.05) is 6.79 Å². The minimum absolute atomic E-state index is 0.334. The number of ether oxygens (including phenoxy) is 2. The third-order valence-electron chi connectivity index (χ3n) is 4.22. The van der Waals surface area contributed by atoms with Gasteiger partial charge in [-0.3, -0.25) is 0 Å². The van der Waals surface area contributed by atoms with Gasteiger partial charge in [-0.05, 0) is 42.0 Å². The van der Waals surface area contributed by atoms with Gasteiger partial charge in [0.05, 0.1) is 0 Å². The molecule has 1 saturated carbocycles. The van der Waals surface area contributed by atoms with Crippen LogP contribution in [0.15, 0.2) is 48.5 Å². The molecule has 3 nitrogen and oxygen atoms in total. The fourth-order valence-corrected chi connectivity index (χ4v) is 2.93. The Balaban J connectivity index is 1.47. The van der Waals surface area contributed by atoms with E-state index in [2.05, 4.69) is 47.8 Å². The summed E-state index contributed by atoms with van der Waals surface area (Å²) < 4.78 is 10.8. The molecule has 2 aromatic rings. The second-order valence-electron chi connectivity index (χ2n) is 5.79. The predicted molar refractivity (Wildman–Crippen MR) is 81.3 cm³/mol. The zero-order chi connectivity index (χ0) is 14.1. The van der Waals surface area contributed by atoms with Crippen molar-refractivity contribution in [1.82, 2.24) is 5.32 Å². The van der Waals surface area contributed by atoms with Crippen molar-refractivity contribution in [2.24, 2.45) is 5.92 Å². The Bertz CT molecular complexity index is 622.